The predicted octanol–water partition coefficient (Wildman–Crippen LogP) is 3.09. The number of thiophene rings is 1. The van der Waals surface area contributed by atoms with Gasteiger partial charge in [0.15, 0.2) is 5.82 Å². The van der Waals surface area contributed by atoms with E-state index < -0.39 is 0 Å². The van der Waals surface area contributed by atoms with Gasteiger partial charge in [-0.2, -0.15) is 0 Å². The average Bonchev–Trinajstić information content (AvgIpc) is 3.39. The normalized spacial score (nSPS) is 19.1. The monoisotopic (exact) mass is 395 g/mol. The van der Waals surface area contributed by atoms with Crippen molar-refractivity contribution in [1.29, 1.82) is 0 Å². The largest absolute Gasteiger partial charge is 0.369 e. The highest BCUT2D eigenvalue weighted by atomic mass is 32.1. The summed E-state index contributed by atoms with van der Waals surface area (Å²) in [6.07, 6.45) is 13.4. The summed E-state index contributed by atoms with van der Waals surface area (Å²) < 4.78 is 0. The number of hydrogen-bond donors (Lipinski definition) is 3. The van der Waals surface area contributed by atoms with Crippen molar-refractivity contribution < 1.29 is 0 Å². The first-order chi connectivity index (χ1) is 13.9. The molecule has 0 saturated carbocycles. The van der Waals surface area contributed by atoms with E-state index in [4.69, 9.17) is 9.97 Å². The second kappa shape index (κ2) is 8.06. The SMILES string of the molecule is c1cnc(-c2nc(NCCCC3CCNN3)c3c4c(sc3n2)CCCC4)cn1. The number of rotatable bonds is 6. The van der Waals surface area contributed by atoms with Gasteiger partial charge in [-0.25, -0.2) is 15.0 Å². The van der Waals surface area contributed by atoms with Crippen molar-refractivity contribution in [3.63, 3.8) is 0 Å². The zero-order chi connectivity index (χ0) is 18.8. The lowest BCUT2D eigenvalue weighted by Gasteiger charge is -2.14. The Bertz CT molecular complexity index is 950. The van der Waals surface area contributed by atoms with Crippen molar-refractivity contribution in [3.05, 3.63) is 29.0 Å². The fraction of sp³-hybridized carbons (Fsp3) is 0.500. The zero-order valence-electron chi connectivity index (χ0n) is 15.9. The van der Waals surface area contributed by atoms with Crippen molar-refractivity contribution in [2.24, 2.45) is 0 Å². The number of hydrazine groups is 1. The summed E-state index contributed by atoms with van der Waals surface area (Å²) >= 11 is 1.82. The molecule has 7 nitrogen and oxygen atoms in total. The van der Waals surface area contributed by atoms with Crippen LogP contribution in [0.3, 0.4) is 0 Å². The van der Waals surface area contributed by atoms with Crippen LogP contribution in [0.5, 0.6) is 0 Å². The van der Waals surface area contributed by atoms with E-state index in [0.717, 1.165) is 55.1 Å². The molecule has 0 aromatic carbocycles. The number of nitrogens with zero attached hydrogens (tertiary/aromatic N) is 4. The molecule has 0 amide bonds. The Kier molecular flexibility index (Phi) is 5.16. The van der Waals surface area contributed by atoms with Crippen molar-refractivity contribution in [2.45, 2.75) is 51.0 Å². The number of nitrogens with one attached hydrogen (secondary N) is 3. The van der Waals surface area contributed by atoms with E-state index in [-0.39, 0.29) is 0 Å². The van der Waals surface area contributed by atoms with E-state index in [9.17, 15) is 0 Å². The van der Waals surface area contributed by atoms with Crippen LogP contribution in [0, 0.1) is 0 Å². The first-order valence-corrected chi connectivity index (χ1v) is 11.0. The fourth-order valence-electron chi connectivity index (χ4n) is 4.12. The Morgan fingerprint density at radius 3 is 3.00 bits per heavy atom. The zero-order valence-corrected chi connectivity index (χ0v) is 16.7. The van der Waals surface area contributed by atoms with Crippen LogP contribution in [-0.4, -0.2) is 39.1 Å². The quantitative estimate of drug-likeness (QED) is 0.553. The van der Waals surface area contributed by atoms with Gasteiger partial charge in [-0.05, 0) is 50.5 Å². The standard InChI is InChI=1S/C20H25N7S/c1-2-6-16-14(5-1)17-19(23-8-3-4-13-7-9-24-27-13)25-18(26-20(17)28-16)15-12-21-10-11-22-15/h10-13,24,27H,1-9H2,(H,23,25,26). The molecule has 1 atom stereocenters. The Morgan fingerprint density at radius 1 is 1.18 bits per heavy atom. The van der Waals surface area contributed by atoms with Gasteiger partial charge in [-0.15, -0.1) is 11.3 Å². The summed E-state index contributed by atoms with van der Waals surface area (Å²) in [7, 11) is 0. The molecule has 0 bridgehead atoms. The maximum atomic E-state index is 4.87. The number of hydrogen-bond acceptors (Lipinski definition) is 8. The van der Waals surface area contributed by atoms with Gasteiger partial charge in [0.25, 0.3) is 0 Å². The molecule has 3 N–H and O–H groups in total. The molecule has 1 aliphatic heterocycles. The van der Waals surface area contributed by atoms with Crippen LogP contribution in [0.25, 0.3) is 21.7 Å². The molecule has 1 unspecified atom stereocenters. The van der Waals surface area contributed by atoms with E-state index in [1.54, 1.807) is 18.6 Å². The number of aromatic nitrogens is 4. The molecular weight excluding hydrogens is 370 g/mol. The molecule has 0 spiro atoms. The van der Waals surface area contributed by atoms with Crippen LogP contribution < -0.4 is 16.2 Å². The van der Waals surface area contributed by atoms with Crippen LogP contribution in [0.4, 0.5) is 5.82 Å². The van der Waals surface area contributed by atoms with Gasteiger partial charge in [-0.1, -0.05) is 0 Å². The van der Waals surface area contributed by atoms with Gasteiger partial charge in [0.05, 0.1) is 11.6 Å². The summed E-state index contributed by atoms with van der Waals surface area (Å²) in [6.45, 7) is 1.97. The third-order valence-electron chi connectivity index (χ3n) is 5.55. The minimum absolute atomic E-state index is 0.580. The predicted molar refractivity (Wildman–Crippen MR) is 112 cm³/mol. The maximum Gasteiger partial charge on any atom is 0.183 e. The van der Waals surface area contributed by atoms with Crippen molar-refractivity contribution in [3.8, 4) is 11.5 Å². The lowest BCUT2D eigenvalue weighted by Crippen LogP contribution is -2.30. The van der Waals surface area contributed by atoms with E-state index in [1.165, 1.54) is 35.1 Å². The van der Waals surface area contributed by atoms with Gasteiger partial charge in [0.1, 0.15) is 16.3 Å². The Labute approximate surface area is 168 Å². The molecule has 3 aromatic rings. The smallest absolute Gasteiger partial charge is 0.183 e. The first kappa shape index (κ1) is 17.9. The van der Waals surface area contributed by atoms with Gasteiger partial charge >= 0.3 is 0 Å². The van der Waals surface area contributed by atoms with Gasteiger partial charge in [-0.3, -0.25) is 15.8 Å². The van der Waals surface area contributed by atoms with Crippen molar-refractivity contribution >= 4 is 27.4 Å². The lowest BCUT2D eigenvalue weighted by atomic mass is 9.97. The fourth-order valence-corrected chi connectivity index (χ4v) is 5.38. The number of fused-ring (bicyclic) bond motifs is 3. The second-order valence-corrected chi connectivity index (χ2v) is 8.59. The molecule has 2 aliphatic rings. The second-order valence-electron chi connectivity index (χ2n) is 7.50. The Hall–Kier alpha value is -2.16. The summed E-state index contributed by atoms with van der Waals surface area (Å²) in [5.41, 5.74) is 8.73. The molecule has 1 saturated heterocycles. The van der Waals surface area contributed by atoms with Crippen LogP contribution >= 0.6 is 11.3 Å². The van der Waals surface area contributed by atoms with Crippen molar-refractivity contribution in [1.82, 2.24) is 30.8 Å². The topological polar surface area (TPSA) is 87.7 Å². The van der Waals surface area contributed by atoms with Crippen LogP contribution in [0.15, 0.2) is 18.6 Å². The number of aryl methyl sites for hydroxylation is 2. The van der Waals surface area contributed by atoms with E-state index in [1.807, 2.05) is 11.3 Å². The van der Waals surface area contributed by atoms with Gasteiger partial charge < -0.3 is 5.32 Å². The third-order valence-corrected chi connectivity index (χ3v) is 6.74. The van der Waals surface area contributed by atoms with Crippen LogP contribution in [0.1, 0.15) is 42.5 Å². The summed E-state index contributed by atoms with van der Waals surface area (Å²) in [6, 6.07) is 0.580. The Morgan fingerprint density at radius 2 is 2.14 bits per heavy atom. The molecule has 0 radical (unpaired) electrons. The lowest BCUT2D eigenvalue weighted by molar-refractivity contribution is 0.511. The third kappa shape index (κ3) is 3.59. The molecular formula is C20H25N7S. The molecule has 28 heavy (non-hydrogen) atoms. The Balaban J connectivity index is 1.44. The molecule has 4 heterocycles. The summed E-state index contributed by atoms with van der Waals surface area (Å²) in [4.78, 5) is 20.9. The molecule has 8 heteroatoms. The highest BCUT2D eigenvalue weighted by Crippen LogP contribution is 2.39. The van der Waals surface area contributed by atoms with E-state index in [0.29, 0.717) is 11.9 Å². The molecule has 1 aliphatic carbocycles. The van der Waals surface area contributed by atoms with E-state index >= 15 is 0 Å². The summed E-state index contributed by atoms with van der Waals surface area (Å²) in [5, 5.41) is 4.85. The highest BCUT2D eigenvalue weighted by Gasteiger charge is 2.22. The van der Waals surface area contributed by atoms with Crippen LogP contribution in [-0.2, 0) is 12.8 Å². The maximum absolute atomic E-state index is 4.87. The number of anilines is 1. The highest BCUT2D eigenvalue weighted by molar-refractivity contribution is 7.19. The van der Waals surface area contributed by atoms with Crippen LogP contribution in [0.2, 0.25) is 0 Å². The van der Waals surface area contributed by atoms with Gasteiger partial charge in [0, 0.05) is 36.4 Å². The van der Waals surface area contributed by atoms with E-state index in [2.05, 4.69) is 26.1 Å². The molecule has 146 valence electrons. The molecule has 1 fully saturated rings. The minimum Gasteiger partial charge on any atom is -0.369 e. The van der Waals surface area contributed by atoms with Gasteiger partial charge in [0.2, 0.25) is 0 Å². The molecule has 3 aromatic heterocycles. The molecule has 5 rings (SSSR count). The first-order valence-electron chi connectivity index (χ1n) is 10.2. The van der Waals surface area contributed by atoms with Crippen molar-refractivity contribution in [2.75, 3.05) is 18.4 Å². The minimum atomic E-state index is 0.580. The average molecular weight is 396 g/mol. The summed E-state index contributed by atoms with van der Waals surface area (Å²) in [5.74, 6) is 1.62.